The van der Waals surface area contributed by atoms with E-state index in [0.717, 1.165) is 63.0 Å². The van der Waals surface area contributed by atoms with Crippen molar-refractivity contribution in [1.82, 2.24) is 10.2 Å². The minimum absolute atomic E-state index is 0.151. The average Bonchev–Trinajstić information content (AvgIpc) is 2.70. The second-order valence-corrected chi connectivity index (χ2v) is 6.15. The van der Waals surface area contributed by atoms with E-state index in [-0.39, 0.29) is 5.97 Å². The molecule has 0 radical (unpaired) electrons. The molecule has 0 amide bonds. The summed E-state index contributed by atoms with van der Waals surface area (Å²) in [5.41, 5.74) is 1.14. The van der Waals surface area contributed by atoms with Crippen molar-refractivity contribution in [2.45, 2.75) is 19.3 Å². The molecule has 0 bridgehead atoms. The maximum Gasteiger partial charge on any atom is 0.305 e. The third-order valence-corrected chi connectivity index (χ3v) is 4.54. The van der Waals surface area contributed by atoms with Crippen LogP contribution in [0.5, 0.6) is 5.75 Å². The Bertz CT molecular complexity index is 598. The van der Waals surface area contributed by atoms with Crippen LogP contribution in [0.4, 0.5) is 5.69 Å². The maximum absolute atomic E-state index is 11.1. The summed E-state index contributed by atoms with van der Waals surface area (Å²) < 4.78 is 10.1. The SMILES string of the molecule is CN=C(NCCCCC(=O)OC)N1CCN(c2ccccc2OC)CC1. The molecule has 0 unspecified atom stereocenters. The smallest absolute Gasteiger partial charge is 0.305 e. The Morgan fingerprint density at radius 1 is 1.15 bits per heavy atom. The lowest BCUT2D eigenvalue weighted by Gasteiger charge is -2.38. The average molecular weight is 362 g/mol. The molecule has 1 heterocycles. The summed E-state index contributed by atoms with van der Waals surface area (Å²) in [7, 11) is 4.94. The largest absolute Gasteiger partial charge is 0.495 e. The number of hydrogen-bond donors (Lipinski definition) is 1. The van der Waals surface area contributed by atoms with Crippen LogP contribution in [0.15, 0.2) is 29.3 Å². The summed E-state index contributed by atoms with van der Waals surface area (Å²) >= 11 is 0. The molecule has 7 heteroatoms. The van der Waals surface area contributed by atoms with E-state index >= 15 is 0 Å². The lowest BCUT2D eigenvalue weighted by atomic mass is 10.2. The Balaban J connectivity index is 1.77. The van der Waals surface area contributed by atoms with Crippen molar-refractivity contribution in [1.29, 1.82) is 0 Å². The molecule has 0 aliphatic carbocycles. The van der Waals surface area contributed by atoms with Gasteiger partial charge in [-0.25, -0.2) is 0 Å². The van der Waals surface area contributed by atoms with Gasteiger partial charge in [0.2, 0.25) is 0 Å². The van der Waals surface area contributed by atoms with Crippen LogP contribution in [-0.2, 0) is 9.53 Å². The van der Waals surface area contributed by atoms with E-state index in [1.54, 1.807) is 7.11 Å². The molecule has 2 rings (SSSR count). The van der Waals surface area contributed by atoms with Crippen molar-refractivity contribution < 1.29 is 14.3 Å². The second kappa shape index (κ2) is 10.5. The van der Waals surface area contributed by atoms with Gasteiger partial charge in [0.1, 0.15) is 5.75 Å². The number of carbonyl (C=O) groups is 1. The second-order valence-electron chi connectivity index (χ2n) is 6.15. The highest BCUT2D eigenvalue weighted by Gasteiger charge is 2.21. The summed E-state index contributed by atoms with van der Waals surface area (Å²) in [5.74, 6) is 1.68. The zero-order chi connectivity index (χ0) is 18.8. The number of hydrogen-bond acceptors (Lipinski definition) is 5. The third kappa shape index (κ3) is 5.54. The van der Waals surface area contributed by atoms with E-state index in [9.17, 15) is 4.79 Å². The van der Waals surface area contributed by atoms with E-state index in [4.69, 9.17) is 4.74 Å². The normalized spacial score (nSPS) is 15.0. The van der Waals surface area contributed by atoms with Crippen molar-refractivity contribution >= 4 is 17.6 Å². The molecule has 0 saturated carbocycles. The zero-order valence-electron chi connectivity index (χ0n) is 16.0. The minimum Gasteiger partial charge on any atom is -0.495 e. The van der Waals surface area contributed by atoms with Crippen LogP contribution < -0.4 is 15.0 Å². The number of para-hydroxylation sites is 2. The van der Waals surface area contributed by atoms with Gasteiger partial charge in [-0.2, -0.15) is 0 Å². The Morgan fingerprint density at radius 2 is 1.88 bits per heavy atom. The topological polar surface area (TPSA) is 66.4 Å². The third-order valence-electron chi connectivity index (χ3n) is 4.54. The number of nitrogens with one attached hydrogen (secondary N) is 1. The highest BCUT2D eigenvalue weighted by atomic mass is 16.5. The fourth-order valence-electron chi connectivity index (χ4n) is 3.08. The number of rotatable bonds is 7. The molecule has 1 N–H and O–H groups in total. The molecular formula is C19H30N4O3. The first kappa shape index (κ1) is 19.9. The molecule has 1 aromatic carbocycles. The highest BCUT2D eigenvalue weighted by Crippen LogP contribution is 2.28. The number of piperazine rings is 1. The van der Waals surface area contributed by atoms with Gasteiger partial charge < -0.3 is 24.6 Å². The van der Waals surface area contributed by atoms with Crippen LogP contribution in [0.1, 0.15) is 19.3 Å². The summed E-state index contributed by atoms with van der Waals surface area (Å²) in [4.78, 5) is 20.1. The molecule has 7 nitrogen and oxygen atoms in total. The van der Waals surface area contributed by atoms with Crippen molar-refractivity contribution in [3.63, 3.8) is 0 Å². The van der Waals surface area contributed by atoms with Crippen LogP contribution in [-0.4, -0.2) is 70.8 Å². The molecule has 144 valence electrons. The lowest BCUT2D eigenvalue weighted by Crippen LogP contribution is -2.52. The predicted octanol–water partition coefficient (Wildman–Crippen LogP) is 1.74. The molecule has 1 saturated heterocycles. The van der Waals surface area contributed by atoms with Crippen LogP contribution >= 0.6 is 0 Å². The van der Waals surface area contributed by atoms with Crippen molar-refractivity contribution in [3.05, 3.63) is 24.3 Å². The molecule has 0 spiro atoms. The minimum atomic E-state index is -0.151. The van der Waals surface area contributed by atoms with Gasteiger partial charge in [-0.3, -0.25) is 9.79 Å². The number of unbranched alkanes of at least 4 members (excludes halogenated alkanes) is 1. The van der Waals surface area contributed by atoms with E-state index in [2.05, 4.69) is 30.9 Å². The first-order valence-corrected chi connectivity index (χ1v) is 9.10. The van der Waals surface area contributed by atoms with Crippen LogP contribution in [0.2, 0.25) is 0 Å². The van der Waals surface area contributed by atoms with Gasteiger partial charge in [0.25, 0.3) is 0 Å². The Morgan fingerprint density at radius 3 is 2.54 bits per heavy atom. The number of nitrogens with zero attached hydrogens (tertiary/aromatic N) is 3. The molecule has 1 aliphatic rings. The van der Waals surface area contributed by atoms with Crippen molar-refractivity contribution in [3.8, 4) is 5.75 Å². The van der Waals surface area contributed by atoms with Gasteiger partial charge in [-0.1, -0.05) is 12.1 Å². The Kier molecular flexibility index (Phi) is 8.05. The van der Waals surface area contributed by atoms with E-state index < -0.39 is 0 Å². The number of ether oxygens (including phenoxy) is 2. The first-order valence-electron chi connectivity index (χ1n) is 9.10. The highest BCUT2D eigenvalue weighted by molar-refractivity contribution is 5.80. The summed E-state index contributed by atoms with van der Waals surface area (Å²) in [5, 5.41) is 3.39. The van der Waals surface area contributed by atoms with Crippen molar-refractivity contribution in [2.24, 2.45) is 4.99 Å². The van der Waals surface area contributed by atoms with Gasteiger partial charge in [0.15, 0.2) is 5.96 Å². The van der Waals surface area contributed by atoms with Gasteiger partial charge in [0.05, 0.1) is 19.9 Å². The van der Waals surface area contributed by atoms with Gasteiger partial charge in [0, 0.05) is 46.2 Å². The number of guanidine groups is 1. The molecule has 0 aromatic heterocycles. The van der Waals surface area contributed by atoms with Crippen LogP contribution in [0.25, 0.3) is 0 Å². The standard InChI is InChI=1S/C19H30N4O3/c1-20-19(21-11-7-6-10-18(24)26-3)23-14-12-22(13-15-23)16-8-4-5-9-17(16)25-2/h4-5,8-9H,6-7,10-15H2,1-3H3,(H,20,21). The number of aliphatic imine (C=N–C) groups is 1. The van der Waals surface area contributed by atoms with E-state index in [1.807, 2.05) is 25.2 Å². The molecule has 1 aromatic rings. The fraction of sp³-hybridized carbons (Fsp3) is 0.579. The number of esters is 1. The monoisotopic (exact) mass is 362 g/mol. The fourth-order valence-corrected chi connectivity index (χ4v) is 3.08. The molecule has 1 fully saturated rings. The van der Waals surface area contributed by atoms with Crippen LogP contribution in [0, 0.1) is 0 Å². The first-order chi connectivity index (χ1) is 12.7. The Labute approximate surface area is 156 Å². The number of benzene rings is 1. The van der Waals surface area contributed by atoms with Crippen LogP contribution in [0.3, 0.4) is 0 Å². The summed E-state index contributed by atoms with van der Waals surface area (Å²) in [6.45, 7) is 4.45. The summed E-state index contributed by atoms with van der Waals surface area (Å²) in [6.07, 6.45) is 2.20. The van der Waals surface area contributed by atoms with Gasteiger partial charge in [-0.15, -0.1) is 0 Å². The molecule has 0 atom stereocenters. The number of carbonyl (C=O) groups excluding carboxylic acids is 1. The Hall–Kier alpha value is -2.44. The van der Waals surface area contributed by atoms with E-state index in [0.29, 0.717) is 6.42 Å². The van der Waals surface area contributed by atoms with Gasteiger partial charge >= 0.3 is 5.97 Å². The molecular weight excluding hydrogens is 332 g/mol. The molecule has 1 aliphatic heterocycles. The predicted molar refractivity (Wildman–Crippen MR) is 104 cm³/mol. The molecule has 26 heavy (non-hydrogen) atoms. The lowest BCUT2D eigenvalue weighted by molar-refractivity contribution is -0.140. The zero-order valence-corrected chi connectivity index (χ0v) is 16.0. The maximum atomic E-state index is 11.1. The number of methoxy groups -OCH3 is 2. The van der Waals surface area contributed by atoms with Crippen molar-refractivity contribution in [2.75, 3.05) is 58.9 Å². The summed E-state index contributed by atoms with van der Waals surface area (Å²) in [6, 6.07) is 8.13. The number of anilines is 1. The van der Waals surface area contributed by atoms with Gasteiger partial charge in [-0.05, 0) is 25.0 Å². The van der Waals surface area contributed by atoms with E-state index in [1.165, 1.54) is 7.11 Å². The quantitative estimate of drug-likeness (QED) is 0.345.